The summed E-state index contributed by atoms with van der Waals surface area (Å²) >= 11 is 3.14. The van der Waals surface area contributed by atoms with E-state index < -0.39 is 0 Å². The van der Waals surface area contributed by atoms with Crippen molar-refractivity contribution < 1.29 is 4.79 Å². The highest BCUT2D eigenvalue weighted by atomic mass is 32.2. The number of nitrogens with one attached hydrogen (secondary N) is 1. The van der Waals surface area contributed by atoms with E-state index in [1.165, 1.54) is 11.8 Å². The molecule has 2 aromatic heterocycles. The number of hydrogen-bond acceptors (Lipinski definition) is 4. The minimum Gasteiger partial charge on any atom is -0.344 e. The molecular formula is C22H21N3OS2. The number of fused-ring (bicyclic) bond motifs is 1. The van der Waals surface area contributed by atoms with Crippen molar-refractivity contribution >= 4 is 40.0 Å². The van der Waals surface area contributed by atoms with E-state index >= 15 is 0 Å². The number of thiophene rings is 1. The zero-order valence-electron chi connectivity index (χ0n) is 15.5. The molecule has 0 saturated carbocycles. The molecule has 4 aromatic rings. The number of hydrogen-bond donors (Lipinski definition) is 1. The van der Waals surface area contributed by atoms with Crippen LogP contribution in [0.5, 0.6) is 0 Å². The van der Waals surface area contributed by atoms with Crippen LogP contribution in [-0.4, -0.2) is 21.2 Å². The molecule has 4 rings (SSSR count). The second-order valence-corrected chi connectivity index (χ2v) is 8.26. The molecule has 0 bridgehead atoms. The highest BCUT2D eigenvalue weighted by Crippen LogP contribution is 2.27. The lowest BCUT2D eigenvalue weighted by Gasteiger charge is -2.18. The fraction of sp³-hybridized carbons (Fsp3) is 0.182. The first-order valence-corrected chi connectivity index (χ1v) is 11.1. The van der Waals surface area contributed by atoms with Gasteiger partial charge in [-0.3, -0.25) is 4.79 Å². The van der Waals surface area contributed by atoms with Crippen molar-refractivity contribution in [1.29, 1.82) is 0 Å². The standard InChI is InChI=1S/C22H21N3OS2/c1-2-25-18-12-7-6-11-17(18)23-22(25)28-15-20(26)24-21(19-13-8-14-27-19)16-9-4-3-5-10-16/h3-14,21H,2,15H2,1H3,(H,24,26). The maximum absolute atomic E-state index is 12.7. The van der Waals surface area contributed by atoms with Crippen LogP contribution in [0.3, 0.4) is 0 Å². The topological polar surface area (TPSA) is 46.9 Å². The number of carbonyl (C=O) groups is 1. The summed E-state index contributed by atoms with van der Waals surface area (Å²) in [6, 6.07) is 22.1. The van der Waals surface area contributed by atoms with Gasteiger partial charge in [-0.15, -0.1) is 11.3 Å². The summed E-state index contributed by atoms with van der Waals surface area (Å²) in [7, 11) is 0. The zero-order valence-corrected chi connectivity index (χ0v) is 17.2. The summed E-state index contributed by atoms with van der Waals surface area (Å²) in [5.41, 5.74) is 3.16. The lowest BCUT2D eigenvalue weighted by atomic mass is 10.1. The van der Waals surface area contributed by atoms with Crippen molar-refractivity contribution in [3.8, 4) is 0 Å². The lowest BCUT2D eigenvalue weighted by molar-refractivity contribution is -0.119. The summed E-state index contributed by atoms with van der Waals surface area (Å²) < 4.78 is 2.15. The number of rotatable bonds is 7. The summed E-state index contributed by atoms with van der Waals surface area (Å²) in [6.07, 6.45) is 0. The molecule has 0 aliphatic carbocycles. The Morgan fingerprint density at radius 3 is 2.64 bits per heavy atom. The molecule has 2 aromatic carbocycles. The molecule has 0 spiro atoms. The average Bonchev–Trinajstić information content (AvgIpc) is 3.38. The number of thioether (sulfide) groups is 1. The van der Waals surface area contributed by atoms with Crippen molar-refractivity contribution in [2.45, 2.75) is 24.7 Å². The zero-order chi connectivity index (χ0) is 19.3. The third-order valence-corrected chi connectivity index (χ3v) is 6.45. The first-order valence-electron chi connectivity index (χ1n) is 9.22. The summed E-state index contributed by atoms with van der Waals surface area (Å²) in [4.78, 5) is 18.6. The van der Waals surface area contributed by atoms with Gasteiger partial charge in [0.05, 0.1) is 22.8 Å². The van der Waals surface area contributed by atoms with Crippen LogP contribution in [0.2, 0.25) is 0 Å². The van der Waals surface area contributed by atoms with Crippen molar-refractivity contribution in [3.05, 3.63) is 82.6 Å². The first-order chi connectivity index (χ1) is 13.8. The molecule has 142 valence electrons. The van der Waals surface area contributed by atoms with Crippen LogP contribution in [-0.2, 0) is 11.3 Å². The summed E-state index contributed by atoms with van der Waals surface area (Å²) in [6.45, 7) is 2.92. The molecule has 0 aliphatic heterocycles. The predicted molar refractivity (Wildman–Crippen MR) is 117 cm³/mol. The van der Waals surface area contributed by atoms with E-state index in [0.29, 0.717) is 5.75 Å². The van der Waals surface area contributed by atoms with E-state index in [2.05, 4.69) is 28.9 Å². The van der Waals surface area contributed by atoms with Gasteiger partial charge in [-0.05, 0) is 36.1 Å². The molecule has 1 unspecified atom stereocenters. The molecule has 0 aliphatic rings. The highest BCUT2D eigenvalue weighted by molar-refractivity contribution is 7.99. The average molecular weight is 408 g/mol. The number of benzene rings is 2. The van der Waals surface area contributed by atoms with E-state index in [1.807, 2.05) is 60.0 Å². The fourth-order valence-electron chi connectivity index (χ4n) is 3.22. The van der Waals surface area contributed by atoms with Gasteiger partial charge < -0.3 is 9.88 Å². The Hall–Kier alpha value is -2.57. The Morgan fingerprint density at radius 1 is 1.11 bits per heavy atom. The Labute approximate surface area is 172 Å². The minimum atomic E-state index is -0.126. The second-order valence-electron chi connectivity index (χ2n) is 6.34. The van der Waals surface area contributed by atoms with Crippen molar-refractivity contribution in [2.75, 3.05) is 5.75 Å². The van der Waals surface area contributed by atoms with E-state index in [9.17, 15) is 4.79 Å². The van der Waals surface area contributed by atoms with Gasteiger partial charge in [0, 0.05) is 11.4 Å². The van der Waals surface area contributed by atoms with Crippen LogP contribution in [0, 0.1) is 0 Å². The molecule has 1 N–H and O–H groups in total. The van der Waals surface area contributed by atoms with Gasteiger partial charge >= 0.3 is 0 Å². The molecule has 1 atom stereocenters. The van der Waals surface area contributed by atoms with Gasteiger partial charge in [0.25, 0.3) is 0 Å². The fourth-order valence-corrected chi connectivity index (χ4v) is 4.91. The second kappa shape index (κ2) is 8.63. The van der Waals surface area contributed by atoms with Crippen LogP contribution >= 0.6 is 23.1 Å². The molecule has 0 radical (unpaired) electrons. The van der Waals surface area contributed by atoms with Crippen LogP contribution < -0.4 is 5.32 Å². The number of amides is 1. The smallest absolute Gasteiger partial charge is 0.231 e. The summed E-state index contributed by atoms with van der Waals surface area (Å²) in [5, 5.41) is 6.11. The Bertz CT molecular complexity index is 1060. The maximum Gasteiger partial charge on any atom is 0.231 e. The van der Waals surface area contributed by atoms with Crippen molar-refractivity contribution in [3.63, 3.8) is 0 Å². The number of nitrogens with zero attached hydrogens (tertiary/aromatic N) is 2. The van der Waals surface area contributed by atoms with E-state index in [1.54, 1.807) is 11.3 Å². The van der Waals surface area contributed by atoms with Gasteiger partial charge in [0.15, 0.2) is 5.16 Å². The third-order valence-electron chi connectivity index (χ3n) is 4.53. The third kappa shape index (κ3) is 3.98. The number of aromatic nitrogens is 2. The van der Waals surface area contributed by atoms with Crippen LogP contribution in [0.4, 0.5) is 0 Å². The molecule has 0 saturated heterocycles. The Morgan fingerprint density at radius 2 is 1.89 bits per heavy atom. The normalized spacial score (nSPS) is 12.2. The van der Waals surface area contributed by atoms with E-state index in [4.69, 9.17) is 4.98 Å². The SMILES string of the molecule is CCn1c(SCC(=O)NC(c2ccccc2)c2cccs2)nc2ccccc21. The Kier molecular flexibility index (Phi) is 5.78. The summed E-state index contributed by atoms with van der Waals surface area (Å²) in [5.74, 6) is 0.333. The number of imidazole rings is 1. The van der Waals surface area contributed by atoms with Crippen LogP contribution in [0.1, 0.15) is 23.4 Å². The van der Waals surface area contributed by atoms with Crippen molar-refractivity contribution in [1.82, 2.24) is 14.9 Å². The van der Waals surface area contributed by atoms with Crippen LogP contribution in [0.25, 0.3) is 11.0 Å². The highest BCUT2D eigenvalue weighted by Gasteiger charge is 2.19. The van der Waals surface area contributed by atoms with Gasteiger partial charge in [-0.25, -0.2) is 4.98 Å². The quantitative estimate of drug-likeness (QED) is 0.433. The maximum atomic E-state index is 12.7. The predicted octanol–water partition coefficient (Wildman–Crippen LogP) is 5.12. The molecule has 0 fully saturated rings. The number of carbonyl (C=O) groups excluding carboxylic acids is 1. The molecule has 28 heavy (non-hydrogen) atoms. The largest absolute Gasteiger partial charge is 0.344 e. The van der Waals surface area contributed by atoms with Gasteiger partial charge in [-0.1, -0.05) is 60.3 Å². The molecular weight excluding hydrogens is 386 g/mol. The molecule has 4 nitrogen and oxygen atoms in total. The van der Waals surface area contributed by atoms with Gasteiger partial charge in [-0.2, -0.15) is 0 Å². The number of para-hydroxylation sites is 2. The molecule has 6 heteroatoms. The van der Waals surface area contributed by atoms with Crippen LogP contribution in [0.15, 0.2) is 77.3 Å². The van der Waals surface area contributed by atoms with Crippen molar-refractivity contribution in [2.24, 2.45) is 0 Å². The first kappa shape index (κ1) is 18.8. The minimum absolute atomic E-state index is 0.00182. The molecule has 1 amide bonds. The Balaban J connectivity index is 1.49. The van der Waals surface area contributed by atoms with E-state index in [-0.39, 0.29) is 11.9 Å². The van der Waals surface area contributed by atoms with Gasteiger partial charge in [0.1, 0.15) is 0 Å². The molecule has 2 heterocycles. The lowest BCUT2D eigenvalue weighted by Crippen LogP contribution is -2.30. The number of aryl methyl sites for hydroxylation is 1. The monoisotopic (exact) mass is 407 g/mol. The van der Waals surface area contributed by atoms with E-state index in [0.717, 1.165) is 33.2 Å². The van der Waals surface area contributed by atoms with Gasteiger partial charge in [0.2, 0.25) is 5.91 Å².